The molecule has 0 bridgehead atoms. The lowest BCUT2D eigenvalue weighted by Crippen LogP contribution is -2.24. The Morgan fingerprint density at radius 1 is 0.972 bits per heavy atom. The fourth-order valence-corrected chi connectivity index (χ4v) is 4.77. The third kappa shape index (κ3) is 4.35. The molecule has 2 heterocycles. The fraction of sp³-hybridized carbons (Fsp3) is 0.207. The number of nitrogens with two attached hydrogens (primary N) is 1. The molecular weight excluding hydrogens is 456 g/mol. The van der Waals surface area contributed by atoms with Crippen LogP contribution in [0.3, 0.4) is 0 Å². The zero-order valence-corrected chi connectivity index (χ0v) is 19.9. The summed E-state index contributed by atoms with van der Waals surface area (Å²) in [6, 6.07) is 21.7. The summed E-state index contributed by atoms with van der Waals surface area (Å²) in [4.78, 5) is 37.1. The predicted octanol–water partition coefficient (Wildman–Crippen LogP) is 4.29. The van der Waals surface area contributed by atoms with Crippen molar-refractivity contribution in [2.45, 2.75) is 25.2 Å². The lowest BCUT2D eigenvalue weighted by atomic mass is 9.93. The number of carbonyl (C=O) groups is 3. The molecule has 0 unspecified atom stereocenters. The summed E-state index contributed by atoms with van der Waals surface area (Å²) in [7, 11) is 1.28. The normalized spacial score (nSPS) is 12.9. The smallest absolute Gasteiger partial charge is 0.343 e. The summed E-state index contributed by atoms with van der Waals surface area (Å²) < 4.78 is 12.4. The highest BCUT2D eigenvalue weighted by molar-refractivity contribution is 6.44. The van der Waals surface area contributed by atoms with Crippen LogP contribution in [0.25, 0.3) is 16.6 Å². The molecule has 1 aliphatic carbocycles. The van der Waals surface area contributed by atoms with Gasteiger partial charge in [0, 0.05) is 18.3 Å². The van der Waals surface area contributed by atoms with E-state index in [1.165, 1.54) is 7.11 Å². The quantitative estimate of drug-likeness (QED) is 0.218. The zero-order valence-electron chi connectivity index (χ0n) is 19.9. The molecule has 7 heteroatoms. The topological polar surface area (TPSA) is 100 Å². The molecule has 36 heavy (non-hydrogen) atoms. The first-order valence-corrected chi connectivity index (χ1v) is 11.8. The second kappa shape index (κ2) is 9.70. The minimum atomic E-state index is -1.02. The molecule has 1 saturated carbocycles. The maximum Gasteiger partial charge on any atom is 0.343 e. The Morgan fingerprint density at radius 3 is 2.39 bits per heavy atom. The van der Waals surface area contributed by atoms with E-state index in [0.717, 1.165) is 40.8 Å². The molecule has 0 spiro atoms. The lowest BCUT2D eigenvalue weighted by molar-refractivity contribution is -0.142. The third-order valence-electron chi connectivity index (χ3n) is 6.53. The van der Waals surface area contributed by atoms with E-state index in [1.54, 1.807) is 12.1 Å². The van der Waals surface area contributed by atoms with Crippen molar-refractivity contribution in [3.05, 3.63) is 95.3 Å². The number of methoxy groups -OCH3 is 1. The van der Waals surface area contributed by atoms with Gasteiger partial charge in [0.05, 0.1) is 18.2 Å². The Balaban J connectivity index is 1.71. The van der Waals surface area contributed by atoms with Crippen molar-refractivity contribution in [2.75, 3.05) is 13.7 Å². The van der Waals surface area contributed by atoms with Crippen molar-refractivity contribution in [3.8, 4) is 16.9 Å². The Morgan fingerprint density at radius 2 is 1.69 bits per heavy atom. The highest BCUT2D eigenvalue weighted by Crippen LogP contribution is 2.47. The van der Waals surface area contributed by atoms with Crippen molar-refractivity contribution in [1.82, 2.24) is 4.40 Å². The number of pyridine rings is 1. The van der Waals surface area contributed by atoms with Gasteiger partial charge in [-0.1, -0.05) is 54.6 Å². The zero-order chi connectivity index (χ0) is 25.2. The van der Waals surface area contributed by atoms with E-state index >= 15 is 0 Å². The van der Waals surface area contributed by atoms with E-state index in [2.05, 4.69) is 24.3 Å². The first kappa shape index (κ1) is 23.4. The summed E-state index contributed by atoms with van der Waals surface area (Å²) in [6.07, 6.45) is 4.22. The molecule has 2 aromatic heterocycles. The summed E-state index contributed by atoms with van der Waals surface area (Å²) in [6.45, 7) is -0.323. The molecule has 0 saturated heterocycles. The van der Waals surface area contributed by atoms with E-state index in [4.69, 9.17) is 15.2 Å². The van der Waals surface area contributed by atoms with Gasteiger partial charge < -0.3 is 19.6 Å². The van der Waals surface area contributed by atoms with Gasteiger partial charge in [-0.05, 0) is 53.1 Å². The number of ketones is 1. The number of Topliss-reactive ketones (excluding diaryl/α,β-unsaturated/α-hetero) is 1. The lowest BCUT2D eigenvalue weighted by Gasteiger charge is -2.13. The second-order valence-corrected chi connectivity index (χ2v) is 8.86. The fourth-order valence-electron chi connectivity index (χ4n) is 4.77. The van der Waals surface area contributed by atoms with E-state index < -0.39 is 17.7 Å². The van der Waals surface area contributed by atoms with Gasteiger partial charge in [-0.3, -0.25) is 9.59 Å². The first-order chi connectivity index (χ1) is 17.5. The van der Waals surface area contributed by atoms with Gasteiger partial charge in [-0.2, -0.15) is 0 Å². The van der Waals surface area contributed by atoms with Gasteiger partial charge in [0.15, 0.2) is 6.61 Å². The van der Waals surface area contributed by atoms with Crippen LogP contribution in [0.2, 0.25) is 0 Å². The van der Waals surface area contributed by atoms with Crippen LogP contribution < -0.4 is 10.5 Å². The Labute approximate surface area is 208 Å². The van der Waals surface area contributed by atoms with Crippen LogP contribution in [0.4, 0.5) is 0 Å². The molecular formula is C29H26N2O5. The van der Waals surface area contributed by atoms with Crippen LogP contribution in [0, 0.1) is 0 Å². The van der Waals surface area contributed by atoms with E-state index in [1.807, 2.05) is 40.9 Å². The number of primary amides is 1. The minimum Gasteiger partial charge on any atom is -0.480 e. The molecule has 2 aromatic carbocycles. The average Bonchev–Trinajstić information content (AvgIpc) is 3.70. The summed E-state index contributed by atoms with van der Waals surface area (Å²) >= 11 is 0. The number of esters is 1. The molecule has 0 atom stereocenters. The van der Waals surface area contributed by atoms with E-state index in [-0.39, 0.29) is 18.1 Å². The first-order valence-electron chi connectivity index (χ1n) is 11.8. The second-order valence-electron chi connectivity index (χ2n) is 8.86. The number of rotatable bonds is 9. The number of aromatic nitrogens is 1. The highest BCUT2D eigenvalue weighted by atomic mass is 16.6. The van der Waals surface area contributed by atoms with Crippen LogP contribution in [0.15, 0.2) is 72.9 Å². The Bertz CT molecular complexity index is 1470. The van der Waals surface area contributed by atoms with Gasteiger partial charge in [0.1, 0.15) is 5.75 Å². The van der Waals surface area contributed by atoms with Crippen LogP contribution in [-0.4, -0.2) is 35.8 Å². The van der Waals surface area contributed by atoms with Crippen LogP contribution in [0.5, 0.6) is 5.75 Å². The standard InChI is InChI=1S/C29H26N2O5/c1-35-24(32)17-36-23-12-7-15-31-22(25(19-13-14-19)26(27(23)31)28(33)29(30)34)16-20-10-5-6-11-21(20)18-8-3-2-4-9-18/h2-12,15,19H,13-14,16-17H2,1H3,(H2,30,34). The maximum atomic E-state index is 13.2. The maximum absolute atomic E-state index is 13.2. The number of carbonyl (C=O) groups excluding carboxylic acids is 3. The number of ether oxygens (including phenoxy) is 2. The number of hydrogen-bond donors (Lipinski definition) is 1. The molecule has 0 aliphatic heterocycles. The van der Waals surface area contributed by atoms with E-state index in [0.29, 0.717) is 17.7 Å². The van der Waals surface area contributed by atoms with Gasteiger partial charge in [-0.25, -0.2) is 4.79 Å². The third-order valence-corrected chi connectivity index (χ3v) is 6.53. The molecule has 1 aliphatic rings. The van der Waals surface area contributed by atoms with Gasteiger partial charge in [0.2, 0.25) is 0 Å². The Kier molecular flexibility index (Phi) is 6.29. The molecule has 0 radical (unpaired) electrons. The molecule has 182 valence electrons. The SMILES string of the molecule is COC(=O)COc1cccn2c(Cc3ccccc3-c3ccccc3)c(C3CC3)c(C(=O)C(N)=O)c12. The monoisotopic (exact) mass is 482 g/mol. The van der Waals surface area contributed by atoms with Gasteiger partial charge in [-0.15, -0.1) is 0 Å². The van der Waals surface area contributed by atoms with E-state index in [9.17, 15) is 14.4 Å². The van der Waals surface area contributed by atoms with Crippen molar-refractivity contribution in [1.29, 1.82) is 0 Å². The largest absolute Gasteiger partial charge is 0.480 e. The molecule has 7 nitrogen and oxygen atoms in total. The Hall–Kier alpha value is -4.39. The molecule has 5 rings (SSSR count). The summed E-state index contributed by atoms with van der Waals surface area (Å²) in [5, 5.41) is 0. The van der Waals surface area contributed by atoms with Crippen molar-refractivity contribution < 1.29 is 23.9 Å². The molecule has 2 N–H and O–H groups in total. The molecule has 1 fully saturated rings. The van der Waals surface area contributed by atoms with Crippen LogP contribution in [0.1, 0.15) is 45.9 Å². The van der Waals surface area contributed by atoms with Crippen molar-refractivity contribution in [3.63, 3.8) is 0 Å². The highest BCUT2D eigenvalue weighted by Gasteiger charge is 2.37. The average molecular weight is 483 g/mol. The van der Waals surface area contributed by atoms with Gasteiger partial charge >= 0.3 is 5.97 Å². The number of hydrogen-bond acceptors (Lipinski definition) is 5. The van der Waals surface area contributed by atoms with Crippen LogP contribution in [-0.2, 0) is 20.7 Å². The van der Waals surface area contributed by atoms with Crippen molar-refractivity contribution >= 4 is 23.2 Å². The number of amides is 1. The van der Waals surface area contributed by atoms with Gasteiger partial charge in [0.25, 0.3) is 11.7 Å². The van der Waals surface area contributed by atoms with Crippen LogP contribution >= 0.6 is 0 Å². The summed E-state index contributed by atoms with van der Waals surface area (Å²) in [5.74, 6) is -1.87. The number of benzene rings is 2. The molecule has 4 aromatic rings. The summed E-state index contributed by atoms with van der Waals surface area (Å²) in [5.41, 5.74) is 11.2. The predicted molar refractivity (Wildman–Crippen MR) is 135 cm³/mol. The number of nitrogens with zero attached hydrogens (tertiary/aromatic N) is 1. The number of fused-ring (bicyclic) bond motifs is 1. The van der Waals surface area contributed by atoms with Crippen molar-refractivity contribution in [2.24, 2.45) is 5.73 Å². The minimum absolute atomic E-state index is 0.149. The molecule has 1 amide bonds.